The SMILES string of the molecule is OC1(CC2COc3ccccc32)CCCCC1. The van der Waals surface area contributed by atoms with Crippen LogP contribution in [0.1, 0.15) is 50.0 Å². The first-order valence-electron chi connectivity index (χ1n) is 6.71. The van der Waals surface area contributed by atoms with Crippen molar-refractivity contribution in [3.63, 3.8) is 0 Å². The van der Waals surface area contributed by atoms with E-state index < -0.39 is 5.60 Å². The molecule has 0 spiro atoms. The fraction of sp³-hybridized carbons (Fsp3) is 0.600. The van der Waals surface area contributed by atoms with E-state index >= 15 is 0 Å². The number of hydrogen-bond acceptors (Lipinski definition) is 2. The van der Waals surface area contributed by atoms with Crippen molar-refractivity contribution < 1.29 is 9.84 Å². The van der Waals surface area contributed by atoms with Crippen molar-refractivity contribution in [1.29, 1.82) is 0 Å². The minimum atomic E-state index is -0.441. The van der Waals surface area contributed by atoms with Crippen molar-refractivity contribution in [3.05, 3.63) is 29.8 Å². The minimum absolute atomic E-state index is 0.384. The highest BCUT2D eigenvalue weighted by Gasteiger charge is 2.35. The summed E-state index contributed by atoms with van der Waals surface area (Å²) in [6.45, 7) is 0.738. The molecule has 0 saturated heterocycles. The van der Waals surface area contributed by atoms with E-state index in [4.69, 9.17) is 4.74 Å². The van der Waals surface area contributed by atoms with Crippen LogP contribution in [0.3, 0.4) is 0 Å². The molecule has 1 unspecified atom stereocenters. The van der Waals surface area contributed by atoms with E-state index in [9.17, 15) is 5.11 Å². The predicted octanol–water partition coefficient (Wildman–Crippen LogP) is 3.25. The molecule has 2 nitrogen and oxygen atoms in total. The average molecular weight is 232 g/mol. The molecule has 1 aliphatic heterocycles. The van der Waals surface area contributed by atoms with Crippen LogP contribution in [-0.4, -0.2) is 17.3 Å². The lowest BCUT2D eigenvalue weighted by molar-refractivity contribution is -0.0112. The molecule has 0 bridgehead atoms. The molecule has 1 aromatic carbocycles. The number of rotatable bonds is 2. The Morgan fingerprint density at radius 2 is 1.94 bits per heavy atom. The van der Waals surface area contributed by atoms with Gasteiger partial charge in [0.05, 0.1) is 12.2 Å². The highest BCUT2D eigenvalue weighted by molar-refractivity contribution is 5.39. The highest BCUT2D eigenvalue weighted by atomic mass is 16.5. The van der Waals surface area contributed by atoms with E-state index in [2.05, 4.69) is 12.1 Å². The topological polar surface area (TPSA) is 29.5 Å². The molecule has 1 atom stereocenters. The molecular weight excluding hydrogens is 212 g/mol. The third-order valence-corrected chi connectivity index (χ3v) is 4.21. The molecule has 2 heteroatoms. The molecule has 0 amide bonds. The molecule has 0 aromatic heterocycles. The number of benzene rings is 1. The third kappa shape index (κ3) is 2.19. The van der Waals surface area contributed by atoms with Crippen molar-refractivity contribution >= 4 is 0 Å². The van der Waals surface area contributed by atoms with E-state index in [0.29, 0.717) is 5.92 Å². The first kappa shape index (κ1) is 11.1. The summed E-state index contributed by atoms with van der Waals surface area (Å²) in [4.78, 5) is 0. The number of hydrogen-bond donors (Lipinski definition) is 1. The lowest BCUT2D eigenvalue weighted by Gasteiger charge is -2.33. The van der Waals surface area contributed by atoms with Crippen LogP contribution in [-0.2, 0) is 0 Å². The van der Waals surface area contributed by atoms with Gasteiger partial charge >= 0.3 is 0 Å². The quantitative estimate of drug-likeness (QED) is 0.848. The monoisotopic (exact) mass is 232 g/mol. The third-order valence-electron chi connectivity index (χ3n) is 4.21. The molecule has 1 aliphatic carbocycles. The molecule has 1 aromatic rings. The largest absolute Gasteiger partial charge is 0.493 e. The van der Waals surface area contributed by atoms with E-state index in [1.165, 1.54) is 24.8 Å². The van der Waals surface area contributed by atoms with Crippen LogP contribution in [0, 0.1) is 0 Å². The summed E-state index contributed by atoms with van der Waals surface area (Å²) in [7, 11) is 0. The molecule has 1 saturated carbocycles. The van der Waals surface area contributed by atoms with Crippen LogP contribution < -0.4 is 4.74 Å². The van der Waals surface area contributed by atoms with Crippen molar-refractivity contribution in [1.82, 2.24) is 0 Å². The number of aliphatic hydroxyl groups is 1. The van der Waals surface area contributed by atoms with Gasteiger partial charge in [0.25, 0.3) is 0 Å². The zero-order chi connectivity index (χ0) is 11.7. The molecule has 92 valence electrons. The number of fused-ring (bicyclic) bond motifs is 1. The average Bonchev–Trinajstić information content (AvgIpc) is 2.73. The smallest absolute Gasteiger partial charge is 0.122 e. The van der Waals surface area contributed by atoms with Crippen LogP contribution in [0.25, 0.3) is 0 Å². The summed E-state index contributed by atoms with van der Waals surface area (Å²) in [6.07, 6.45) is 6.42. The van der Waals surface area contributed by atoms with Gasteiger partial charge in [0.2, 0.25) is 0 Å². The van der Waals surface area contributed by atoms with Crippen LogP contribution in [0.15, 0.2) is 24.3 Å². The van der Waals surface area contributed by atoms with Crippen molar-refractivity contribution in [2.75, 3.05) is 6.61 Å². The van der Waals surface area contributed by atoms with Crippen LogP contribution in [0.2, 0.25) is 0 Å². The maximum Gasteiger partial charge on any atom is 0.122 e. The molecule has 1 fully saturated rings. The Morgan fingerprint density at radius 3 is 2.76 bits per heavy atom. The Balaban J connectivity index is 1.74. The van der Waals surface area contributed by atoms with Crippen molar-refractivity contribution in [2.45, 2.75) is 50.0 Å². The molecular formula is C15H20O2. The number of para-hydroxylation sites is 1. The first-order chi connectivity index (χ1) is 8.27. The zero-order valence-corrected chi connectivity index (χ0v) is 10.2. The van der Waals surface area contributed by atoms with Gasteiger partial charge in [-0.3, -0.25) is 0 Å². The van der Waals surface area contributed by atoms with E-state index in [-0.39, 0.29) is 0 Å². The Labute approximate surface area is 103 Å². The second-order valence-corrected chi connectivity index (χ2v) is 5.53. The van der Waals surface area contributed by atoms with Gasteiger partial charge < -0.3 is 9.84 Å². The molecule has 3 rings (SSSR count). The second-order valence-electron chi connectivity index (χ2n) is 5.53. The Kier molecular flexibility index (Phi) is 2.83. The molecule has 1 N–H and O–H groups in total. The summed E-state index contributed by atoms with van der Waals surface area (Å²) < 4.78 is 5.69. The highest BCUT2D eigenvalue weighted by Crippen LogP contribution is 2.42. The van der Waals surface area contributed by atoms with Gasteiger partial charge in [0.1, 0.15) is 5.75 Å². The lowest BCUT2D eigenvalue weighted by Crippen LogP contribution is -2.33. The van der Waals surface area contributed by atoms with Gasteiger partial charge in [-0.25, -0.2) is 0 Å². The number of ether oxygens (including phenoxy) is 1. The Bertz CT molecular complexity index is 394. The summed E-state index contributed by atoms with van der Waals surface area (Å²) in [5.74, 6) is 1.39. The van der Waals surface area contributed by atoms with Crippen molar-refractivity contribution in [2.24, 2.45) is 0 Å². The molecule has 0 radical (unpaired) electrons. The molecule has 1 heterocycles. The van der Waals surface area contributed by atoms with Gasteiger partial charge in [-0.2, -0.15) is 0 Å². The fourth-order valence-corrected chi connectivity index (χ4v) is 3.27. The Hall–Kier alpha value is -1.02. The summed E-state index contributed by atoms with van der Waals surface area (Å²) in [6, 6.07) is 8.24. The van der Waals surface area contributed by atoms with Gasteiger partial charge in [0.15, 0.2) is 0 Å². The van der Waals surface area contributed by atoms with Gasteiger partial charge in [-0.1, -0.05) is 37.5 Å². The lowest BCUT2D eigenvalue weighted by atomic mass is 9.77. The standard InChI is InChI=1S/C15H20O2/c16-15(8-4-1-5-9-15)10-12-11-17-14-7-3-2-6-13(12)14/h2-3,6-7,12,16H,1,4-5,8-11H2. The fourth-order valence-electron chi connectivity index (χ4n) is 3.27. The summed E-state index contributed by atoms with van der Waals surface area (Å²) in [5.41, 5.74) is 0.843. The molecule has 2 aliphatic rings. The van der Waals surface area contributed by atoms with Crippen molar-refractivity contribution in [3.8, 4) is 5.75 Å². The zero-order valence-electron chi connectivity index (χ0n) is 10.2. The van der Waals surface area contributed by atoms with Crippen LogP contribution in [0.5, 0.6) is 5.75 Å². The summed E-state index contributed by atoms with van der Waals surface area (Å²) in [5, 5.41) is 10.6. The Morgan fingerprint density at radius 1 is 1.18 bits per heavy atom. The van der Waals surface area contributed by atoms with E-state index in [1.54, 1.807) is 0 Å². The van der Waals surface area contributed by atoms with E-state index in [1.807, 2.05) is 12.1 Å². The van der Waals surface area contributed by atoms with Crippen LogP contribution >= 0.6 is 0 Å². The summed E-state index contributed by atoms with van der Waals surface area (Å²) >= 11 is 0. The van der Waals surface area contributed by atoms with Gasteiger partial charge in [-0.05, 0) is 25.3 Å². The molecule has 17 heavy (non-hydrogen) atoms. The van der Waals surface area contributed by atoms with Gasteiger partial charge in [-0.15, -0.1) is 0 Å². The first-order valence-corrected chi connectivity index (χ1v) is 6.71. The maximum atomic E-state index is 10.6. The van der Waals surface area contributed by atoms with Gasteiger partial charge in [0, 0.05) is 11.5 Å². The minimum Gasteiger partial charge on any atom is -0.493 e. The second kappa shape index (κ2) is 4.34. The normalized spacial score (nSPS) is 26.3. The van der Waals surface area contributed by atoms with E-state index in [0.717, 1.165) is 31.6 Å². The predicted molar refractivity (Wildman–Crippen MR) is 67.3 cm³/mol. The maximum absolute atomic E-state index is 10.6. The van der Waals surface area contributed by atoms with Crippen LogP contribution in [0.4, 0.5) is 0 Å².